The Labute approximate surface area is 136 Å². The van der Waals surface area contributed by atoms with Crippen LogP contribution in [-0.2, 0) is 11.4 Å². The number of ether oxygens (including phenoxy) is 1. The Morgan fingerprint density at radius 3 is 2.57 bits per heavy atom. The minimum absolute atomic E-state index is 0.00665. The Morgan fingerprint density at radius 1 is 1.09 bits per heavy atom. The number of nitrogens with one attached hydrogen (secondary N) is 1. The third-order valence-electron chi connectivity index (χ3n) is 4.23. The number of rotatable bonds is 5. The van der Waals surface area contributed by atoms with E-state index >= 15 is 0 Å². The van der Waals surface area contributed by atoms with Crippen molar-refractivity contribution in [2.24, 2.45) is 11.7 Å². The normalized spacial score (nSPS) is 20.2. The molecule has 3 rings (SSSR count). The summed E-state index contributed by atoms with van der Waals surface area (Å²) < 4.78 is 5.87. The van der Waals surface area contributed by atoms with E-state index in [0.29, 0.717) is 18.0 Å². The number of benzene rings is 2. The fourth-order valence-electron chi connectivity index (χ4n) is 2.92. The molecule has 1 saturated carbocycles. The smallest absolute Gasteiger partial charge is 0.227 e. The summed E-state index contributed by atoms with van der Waals surface area (Å²) in [5, 5.41) is 2.99. The molecule has 0 saturated heterocycles. The van der Waals surface area contributed by atoms with Crippen molar-refractivity contribution < 1.29 is 9.53 Å². The van der Waals surface area contributed by atoms with Gasteiger partial charge in [0.05, 0.1) is 5.69 Å². The molecule has 2 aromatic carbocycles. The Kier molecular flexibility index (Phi) is 4.93. The molecule has 0 aliphatic heterocycles. The average molecular weight is 310 g/mol. The molecule has 4 heteroatoms. The Balaban J connectivity index is 1.64. The predicted molar refractivity (Wildman–Crippen MR) is 91.2 cm³/mol. The topological polar surface area (TPSA) is 64.4 Å². The quantitative estimate of drug-likeness (QED) is 0.890. The molecule has 0 radical (unpaired) electrons. The predicted octanol–water partition coefficient (Wildman–Crippen LogP) is 3.33. The Hall–Kier alpha value is -2.33. The number of carbonyl (C=O) groups is 1. The zero-order valence-corrected chi connectivity index (χ0v) is 13.1. The van der Waals surface area contributed by atoms with Crippen LogP contribution in [0.1, 0.15) is 24.8 Å². The van der Waals surface area contributed by atoms with Gasteiger partial charge in [0.2, 0.25) is 5.91 Å². The van der Waals surface area contributed by atoms with Gasteiger partial charge in [0.15, 0.2) is 0 Å². The fourth-order valence-corrected chi connectivity index (χ4v) is 2.92. The molecule has 2 atom stereocenters. The van der Waals surface area contributed by atoms with Gasteiger partial charge < -0.3 is 15.8 Å². The first-order valence-electron chi connectivity index (χ1n) is 8.04. The number of anilines is 1. The minimum atomic E-state index is 0.00665. The molecular weight excluding hydrogens is 288 g/mol. The molecule has 0 spiro atoms. The number of carbonyl (C=O) groups excluding carboxylic acids is 1. The van der Waals surface area contributed by atoms with Gasteiger partial charge in [-0.3, -0.25) is 4.79 Å². The second-order valence-corrected chi connectivity index (χ2v) is 6.03. The monoisotopic (exact) mass is 310 g/mol. The van der Waals surface area contributed by atoms with E-state index in [9.17, 15) is 4.79 Å². The number of hydrogen-bond acceptors (Lipinski definition) is 3. The summed E-state index contributed by atoms with van der Waals surface area (Å²) in [7, 11) is 0. The van der Waals surface area contributed by atoms with Gasteiger partial charge in [-0.05, 0) is 37.0 Å². The van der Waals surface area contributed by atoms with Crippen LogP contribution >= 0.6 is 0 Å². The molecular formula is C19H22N2O2. The second kappa shape index (κ2) is 7.29. The molecule has 1 aliphatic rings. The first-order valence-corrected chi connectivity index (χ1v) is 8.04. The molecule has 1 amide bonds. The SMILES string of the molecule is N[C@@H]1CC[C@H](C(=O)Nc2ccccc2OCc2ccccc2)C1. The zero-order chi connectivity index (χ0) is 16.1. The lowest BCUT2D eigenvalue weighted by Gasteiger charge is -2.15. The average Bonchev–Trinajstić information content (AvgIpc) is 3.02. The van der Waals surface area contributed by atoms with E-state index in [-0.39, 0.29) is 17.9 Å². The summed E-state index contributed by atoms with van der Waals surface area (Å²) >= 11 is 0. The molecule has 1 aliphatic carbocycles. The number of nitrogens with two attached hydrogens (primary N) is 1. The van der Waals surface area contributed by atoms with E-state index in [2.05, 4.69) is 5.32 Å². The summed E-state index contributed by atoms with van der Waals surface area (Å²) in [6.45, 7) is 0.474. The molecule has 0 heterocycles. The van der Waals surface area contributed by atoms with Crippen molar-refractivity contribution in [3.63, 3.8) is 0 Å². The maximum Gasteiger partial charge on any atom is 0.227 e. The lowest BCUT2D eigenvalue weighted by atomic mass is 10.1. The zero-order valence-electron chi connectivity index (χ0n) is 13.1. The van der Waals surface area contributed by atoms with Crippen molar-refractivity contribution in [1.29, 1.82) is 0 Å². The second-order valence-electron chi connectivity index (χ2n) is 6.03. The van der Waals surface area contributed by atoms with E-state index in [0.717, 1.165) is 24.8 Å². The maximum atomic E-state index is 12.4. The summed E-state index contributed by atoms with van der Waals surface area (Å²) in [4.78, 5) is 12.4. The van der Waals surface area contributed by atoms with E-state index in [1.807, 2.05) is 54.6 Å². The van der Waals surface area contributed by atoms with Crippen LogP contribution in [0.15, 0.2) is 54.6 Å². The van der Waals surface area contributed by atoms with Crippen LogP contribution in [0.4, 0.5) is 5.69 Å². The Bertz CT molecular complexity index is 657. The number of amides is 1. The number of para-hydroxylation sites is 2. The summed E-state index contributed by atoms with van der Waals surface area (Å²) in [5.74, 6) is 0.730. The van der Waals surface area contributed by atoms with Gasteiger partial charge in [-0.2, -0.15) is 0 Å². The van der Waals surface area contributed by atoms with Crippen molar-refractivity contribution >= 4 is 11.6 Å². The first kappa shape index (κ1) is 15.6. The van der Waals surface area contributed by atoms with Crippen molar-refractivity contribution in [1.82, 2.24) is 0 Å². The van der Waals surface area contributed by atoms with Gasteiger partial charge in [-0.1, -0.05) is 42.5 Å². The summed E-state index contributed by atoms with van der Waals surface area (Å²) in [6.07, 6.45) is 2.54. The molecule has 1 fully saturated rings. The van der Waals surface area contributed by atoms with E-state index in [1.165, 1.54) is 0 Å². The van der Waals surface area contributed by atoms with E-state index in [1.54, 1.807) is 0 Å². The molecule has 2 aromatic rings. The number of hydrogen-bond donors (Lipinski definition) is 2. The van der Waals surface area contributed by atoms with Crippen LogP contribution in [0, 0.1) is 5.92 Å². The van der Waals surface area contributed by atoms with E-state index < -0.39 is 0 Å². The van der Waals surface area contributed by atoms with Gasteiger partial charge >= 0.3 is 0 Å². The molecule has 4 nitrogen and oxygen atoms in total. The van der Waals surface area contributed by atoms with Crippen LogP contribution in [0.5, 0.6) is 5.75 Å². The van der Waals surface area contributed by atoms with Crippen LogP contribution in [-0.4, -0.2) is 11.9 Å². The third-order valence-corrected chi connectivity index (χ3v) is 4.23. The molecule has 0 unspecified atom stereocenters. The highest BCUT2D eigenvalue weighted by atomic mass is 16.5. The van der Waals surface area contributed by atoms with Crippen LogP contribution < -0.4 is 15.8 Å². The van der Waals surface area contributed by atoms with Gasteiger partial charge in [0.25, 0.3) is 0 Å². The summed E-state index contributed by atoms with van der Waals surface area (Å²) in [5.41, 5.74) is 7.70. The van der Waals surface area contributed by atoms with Gasteiger partial charge in [0.1, 0.15) is 12.4 Å². The van der Waals surface area contributed by atoms with Gasteiger partial charge in [-0.25, -0.2) is 0 Å². The van der Waals surface area contributed by atoms with Gasteiger partial charge in [-0.15, -0.1) is 0 Å². The van der Waals surface area contributed by atoms with Crippen LogP contribution in [0.3, 0.4) is 0 Å². The standard InChI is InChI=1S/C19H22N2O2/c20-16-11-10-15(12-16)19(22)21-17-8-4-5-9-18(17)23-13-14-6-2-1-3-7-14/h1-9,15-16H,10-13,20H2,(H,21,22)/t15-,16+/m0/s1. The fraction of sp³-hybridized carbons (Fsp3) is 0.316. The Morgan fingerprint density at radius 2 is 1.83 bits per heavy atom. The molecule has 3 N–H and O–H groups in total. The lowest BCUT2D eigenvalue weighted by Crippen LogP contribution is -2.23. The largest absolute Gasteiger partial charge is 0.487 e. The van der Waals surface area contributed by atoms with Crippen molar-refractivity contribution in [3.8, 4) is 5.75 Å². The van der Waals surface area contributed by atoms with Crippen molar-refractivity contribution in [2.75, 3.05) is 5.32 Å². The van der Waals surface area contributed by atoms with E-state index in [4.69, 9.17) is 10.5 Å². The highest BCUT2D eigenvalue weighted by molar-refractivity contribution is 5.94. The molecule has 120 valence electrons. The van der Waals surface area contributed by atoms with Crippen molar-refractivity contribution in [3.05, 3.63) is 60.2 Å². The van der Waals surface area contributed by atoms with Crippen molar-refractivity contribution in [2.45, 2.75) is 31.9 Å². The highest BCUT2D eigenvalue weighted by Gasteiger charge is 2.28. The summed E-state index contributed by atoms with van der Waals surface area (Å²) in [6, 6.07) is 17.7. The highest BCUT2D eigenvalue weighted by Crippen LogP contribution is 2.29. The maximum absolute atomic E-state index is 12.4. The molecule has 0 aromatic heterocycles. The molecule has 0 bridgehead atoms. The first-order chi connectivity index (χ1) is 11.2. The lowest BCUT2D eigenvalue weighted by molar-refractivity contribution is -0.119. The van der Waals surface area contributed by atoms with Crippen LogP contribution in [0.25, 0.3) is 0 Å². The molecule has 23 heavy (non-hydrogen) atoms. The van der Waals surface area contributed by atoms with Crippen LogP contribution in [0.2, 0.25) is 0 Å². The minimum Gasteiger partial charge on any atom is -0.487 e. The van der Waals surface area contributed by atoms with Gasteiger partial charge in [0, 0.05) is 12.0 Å². The third kappa shape index (κ3) is 4.11.